The molecule has 0 spiro atoms. The Kier molecular flexibility index (Phi) is 10.9. The Morgan fingerprint density at radius 1 is 0.921 bits per heavy atom. The van der Waals surface area contributed by atoms with Crippen molar-refractivity contribution in [1.82, 2.24) is 0 Å². The maximum atomic E-state index is 13.0. The van der Waals surface area contributed by atoms with Gasteiger partial charge in [-0.05, 0) is 48.7 Å². The summed E-state index contributed by atoms with van der Waals surface area (Å²) in [6.07, 6.45) is -3.07. The molecule has 0 aliphatic heterocycles. The molecule has 0 aliphatic rings. The molecule has 0 heterocycles. The Morgan fingerprint density at radius 2 is 1.53 bits per heavy atom. The number of anilines is 2. The molecule has 0 aliphatic carbocycles. The lowest BCUT2D eigenvalue weighted by atomic mass is 10.1. The monoisotopic (exact) mass is 530 g/mol. The van der Waals surface area contributed by atoms with Gasteiger partial charge in [0.25, 0.3) is 5.91 Å². The van der Waals surface area contributed by atoms with Crippen LogP contribution in [0.15, 0.2) is 72.8 Å². The molecule has 0 unspecified atom stereocenters. The van der Waals surface area contributed by atoms with E-state index in [4.69, 9.17) is 9.90 Å². The fourth-order valence-corrected chi connectivity index (χ4v) is 3.50. The zero-order chi connectivity index (χ0) is 28.3. The van der Waals surface area contributed by atoms with E-state index in [1.165, 1.54) is 6.07 Å². The highest BCUT2D eigenvalue weighted by Gasteiger charge is 2.38. The highest BCUT2D eigenvalue weighted by molar-refractivity contribution is 6.07. The second-order valence-corrected chi connectivity index (χ2v) is 8.37. The molecule has 0 saturated heterocycles. The van der Waals surface area contributed by atoms with Gasteiger partial charge in [-0.2, -0.15) is 13.2 Å². The first-order valence-corrected chi connectivity index (χ1v) is 11.8. The van der Waals surface area contributed by atoms with Crippen molar-refractivity contribution in [2.24, 2.45) is 0 Å². The highest BCUT2D eigenvalue weighted by Crippen LogP contribution is 2.30. The van der Waals surface area contributed by atoms with E-state index in [1.807, 2.05) is 43.3 Å². The summed E-state index contributed by atoms with van der Waals surface area (Å²) in [6, 6.07) is 22.4. The molecule has 202 valence electrons. The number of hydrogen-bond acceptors (Lipinski definition) is 4. The molecule has 0 fully saturated rings. The zero-order valence-corrected chi connectivity index (χ0v) is 21.0. The standard InChI is InChI=1S/C26H28N2O3.C2HF3O2/c1-3-4-16-28(18-20-11-6-5-7-12-20)24-15-14-21(26(30)31)17-23(24)27-25(29)22-13-9-8-10-19(22)2;3-2(4,5)1(6)7/h5-15,17H,3-4,16,18H2,1-2H3,(H,27,29)(H,30,31);(H,6,7). The van der Waals surface area contributed by atoms with E-state index in [1.54, 1.807) is 18.2 Å². The lowest BCUT2D eigenvalue weighted by molar-refractivity contribution is -0.192. The molecule has 3 aromatic carbocycles. The van der Waals surface area contributed by atoms with E-state index >= 15 is 0 Å². The summed E-state index contributed by atoms with van der Waals surface area (Å²) in [7, 11) is 0. The first kappa shape index (κ1) is 29.9. The average molecular weight is 531 g/mol. The smallest absolute Gasteiger partial charge is 0.478 e. The minimum absolute atomic E-state index is 0.138. The van der Waals surface area contributed by atoms with Gasteiger partial charge < -0.3 is 20.4 Å². The van der Waals surface area contributed by atoms with Crippen molar-refractivity contribution in [2.75, 3.05) is 16.8 Å². The van der Waals surface area contributed by atoms with E-state index in [0.29, 0.717) is 17.8 Å². The lowest BCUT2D eigenvalue weighted by Gasteiger charge is -2.28. The molecular weight excluding hydrogens is 501 g/mol. The average Bonchev–Trinajstić information content (AvgIpc) is 2.87. The predicted octanol–water partition coefficient (Wildman–Crippen LogP) is 6.39. The number of alkyl halides is 3. The Hall–Kier alpha value is -4.34. The maximum absolute atomic E-state index is 13.0. The van der Waals surface area contributed by atoms with E-state index in [9.17, 15) is 27.9 Å². The topological polar surface area (TPSA) is 107 Å². The molecule has 7 nitrogen and oxygen atoms in total. The van der Waals surface area contributed by atoms with Gasteiger partial charge in [0.1, 0.15) is 0 Å². The van der Waals surface area contributed by atoms with Crippen LogP contribution in [0, 0.1) is 6.92 Å². The van der Waals surface area contributed by atoms with Crippen LogP contribution in [0.5, 0.6) is 0 Å². The number of carboxylic acids is 2. The summed E-state index contributed by atoms with van der Waals surface area (Å²) in [5, 5.41) is 19.6. The molecule has 0 bridgehead atoms. The number of carboxylic acid groups (broad SMARTS) is 2. The van der Waals surface area contributed by atoms with E-state index in [-0.39, 0.29) is 11.5 Å². The van der Waals surface area contributed by atoms with Crippen molar-refractivity contribution in [2.45, 2.75) is 39.4 Å². The Morgan fingerprint density at radius 3 is 2.08 bits per heavy atom. The molecule has 0 atom stereocenters. The highest BCUT2D eigenvalue weighted by atomic mass is 19.4. The lowest BCUT2D eigenvalue weighted by Crippen LogP contribution is -2.26. The molecule has 0 saturated carbocycles. The third-order valence-electron chi connectivity index (χ3n) is 5.46. The molecule has 0 radical (unpaired) electrons. The SMILES string of the molecule is CCCCN(Cc1ccccc1)c1ccc(C(=O)O)cc1NC(=O)c1ccccc1C.O=C(O)C(F)(F)F. The second-order valence-electron chi connectivity index (χ2n) is 8.37. The van der Waals surface area contributed by atoms with Crippen LogP contribution in [0.25, 0.3) is 0 Å². The molecule has 0 aromatic heterocycles. The summed E-state index contributed by atoms with van der Waals surface area (Å²) in [5.41, 5.74) is 4.03. The third kappa shape index (κ3) is 8.95. The Bertz CT molecular complexity index is 1250. The Balaban J connectivity index is 0.000000638. The summed E-state index contributed by atoms with van der Waals surface area (Å²) >= 11 is 0. The quantitative estimate of drug-likeness (QED) is 0.296. The normalized spacial score (nSPS) is 10.7. The number of aryl methyl sites for hydroxylation is 1. The van der Waals surface area contributed by atoms with Crippen LogP contribution < -0.4 is 10.2 Å². The fraction of sp³-hybridized carbons (Fsp3) is 0.250. The first-order valence-electron chi connectivity index (χ1n) is 11.8. The van der Waals surface area contributed by atoms with Crippen LogP contribution in [0.4, 0.5) is 24.5 Å². The van der Waals surface area contributed by atoms with E-state index < -0.39 is 18.1 Å². The van der Waals surface area contributed by atoms with Crippen LogP contribution in [0.2, 0.25) is 0 Å². The number of rotatable bonds is 9. The summed E-state index contributed by atoms with van der Waals surface area (Å²) in [5.74, 6) is -4.04. The number of benzene rings is 3. The maximum Gasteiger partial charge on any atom is 0.490 e. The number of aliphatic carboxylic acids is 1. The molecule has 3 aromatic rings. The minimum atomic E-state index is -5.08. The van der Waals surface area contributed by atoms with Gasteiger partial charge in [0, 0.05) is 18.7 Å². The van der Waals surface area contributed by atoms with Gasteiger partial charge in [-0.25, -0.2) is 9.59 Å². The van der Waals surface area contributed by atoms with Gasteiger partial charge in [0.05, 0.1) is 16.9 Å². The van der Waals surface area contributed by atoms with Crippen LogP contribution in [-0.4, -0.2) is 40.8 Å². The van der Waals surface area contributed by atoms with Crippen molar-refractivity contribution < 1.29 is 37.8 Å². The van der Waals surface area contributed by atoms with Gasteiger partial charge in [-0.1, -0.05) is 61.9 Å². The van der Waals surface area contributed by atoms with Crippen LogP contribution >= 0.6 is 0 Å². The number of hydrogen-bond donors (Lipinski definition) is 3. The van der Waals surface area contributed by atoms with Gasteiger partial charge in [0.2, 0.25) is 0 Å². The molecule has 38 heavy (non-hydrogen) atoms. The number of nitrogens with zero attached hydrogens (tertiary/aromatic N) is 1. The van der Waals surface area contributed by atoms with Crippen LogP contribution in [0.3, 0.4) is 0 Å². The second kappa shape index (κ2) is 13.8. The molecule has 3 N–H and O–H groups in total. The predicted molar refractivity (Wildman–Crippen MR) is 139 cm³/mol. The first-order chi connectivity index (χ1) is 17.9. The third-order valence-corrected chi connectivity index (χ3v) is 5.46. The van der Waals surface area contributed by atoms with Crippen molar-refractivity contribution in [3.63, 3.8) is 0 Å². The van der Waals surface area contributed by atoms with E-state index in [2.05, 4.69) is 29.3 Å². The summed E-state index contributed by atoms with van der Waals surface area (Å²) in [4.78, 5) is 35.7. The molecule has 1 amide bonds. The van der Waals surface area contributed by atoms with Crippen molar-refractivity contribution >= 4 is 29.2 Å². The summed E-state index contributed by atoms with van der Waals surface area (Å²) in [6.45, 7) is 5.48. The number of nitrogens with one attached hydrogen (secondary N) is 1. The number of carbonyl (C=O) groups excluding carboxylic acids is 1. The number of amides is 1. The minimum Gasteiger partial charge on any atom is -0.478 e. The van der Waals surface area contributed by atoms with Gasteiger partial charge in [-0.15, -0.1) is 0 Å². The summed E-state index contributed by atoms with van der Waals surface area (Å²) < 4.78 is 31.7. The Labute approximate surface area is 218 Å². The van der Waals surface area contributed by atoms with Crippen molar-refractivity contribution in [3.05, 3.63) is 95.1 Å². The van der Waals surface area contributed by atoms with Crippen LogP contribution in [-0.2, 0) is 11.3 Å². The van der Waals surface area contributed by atoms with Crippen molar-refractivity contribution in [3.8, 4) is 0 Å². The molecular formula is C28H29F3N2O5. The fourth-order valence-electron chi connectivity index (χ4n) is 3.50. The van der Waals surface area contributed by atoms with Crippen molar-refractivity contribution in [1.29, 1.82) is 0 Å². The van der Waals surface area contributed by atoms with Gasteiger partial charge in [-0.3, -0.25) is 4.79 Å². The number of unbranched alkanes of at least 4 members (excludes halogenated alkanes) is 1. The number of aromatic carboxylic acids is 1. The van der Waals surface area contributed by atoms with Crippen LogP contribution in [0.1, 0.15) is 51.6 Å². The molecule has 3 rings (SSSR count). The van der Waals surface area contributed by atoms with Gasteiger partial charge >= 0.3 is 18.1 Å². The number of carbonyl (C=O) groups is 3. The zero-order valence-electron chi connectivity index (χ0n) is 21.0. The number of halogens is 3. The largest absolute Gasteiger partial charge is 0.490 e. The molecule has 10 heteroatoms. The van der Waals surface area contributed by atoms with E-state index in [0.717, 1.165) is 36.2 Å². The van der Waals surface area contributed by atoms with Gasteiger partial charge in [0.15, 0.2) is 0 Å².